The van der Waals surface area contributed by atoms with Gasteiger partial charge in [-0.15, -0.1) is 0 Å². The van der Waals surface area contributed by atoms with Crippen LogP contribution in [0.3, 0.4) is 0 Å². The molecule has 0 spiro atoms. The molecule has 1 aliphatic rings. The molecule has 1 saturated heterocycles. The molecular weight excluding hydrogens is 402 g/mol. The highest BCUT2D eigenvalue weighted by molar-refractivity contribution is 6.01. The number of hydrogen-bond acceptors (Lipinski definition) is 6. The second kappa shape index (κ2) is 9.94. The number of hydrogen-bond donors (Lipinski definition) is 2. The molecule has 0 unspecified atom stereocenters. The van der Waals surface area contributed by atoms with Crippen molar-refractivity contribution in [3.63, 3.8) is 0 Å². The van der Waals surface area contributed by atoms with E-state index in [0.29, 0.717) is 43.2 Å². The molecular formula is C22H25N3O6. The number of anilines is 1. The highest BCUT2D eigenvalue weighted by Crippen LogP contribution is 2.28. The Morgan fingerprint density at radius 2 is 1.65 bits per heavy atom. The lowest BCUT2D eigenvalue weighted by molar-refractivity contribution is -0.117. The van der Waals surface area contributed by atoms with E-state index in [9.17, 15) is 19.5 Å². The van der Waals surface area contributed by atoms with Crippen LogP contribution in [0.5, 0.6) is 11.5 Å². The van der Waals surface area contributed by atoms with Crippen molar-refractivity contribution >= 4 is 23.5 Å². The number of ether oxygens (including phenoxy) is 2. The van der Waals surface area contributed by atoms with Crippen LogP contribution in [0.4, 0.5) is 5.69 Å². The van der Waals surface area contributed by atoms with Gasteiger partial charge in [0.05, 0.1) is 32.0 Å². The molecule has 1 aliphatic heterocycles. The van der Waals surface area contributed by atoms with E-state index in [2.05, 4.69) is 5.32 Å². The number of benzene rings is 2. The Kier molecular flexibility index (Phi) is 7.09. The van der Waals surface area contributed by atoms with Gasteiger partial charge in [-0.05, 0) is 30.3 Å². The lowest BCUT2D eigenvalue weighted by atomic mass is 10.1. The van der Waals surface area contributed by atoms with Crippen LogP contribution in [-0.4, -0.2) is 79.6 Å². The fourth-order valence-corrected chi connectivity index (χ4v) is 3.43. The van der Waals surface area contributed by atoms with E-state index < -0.39 is 5.97 Å². The van der Waals surface area contributed by atoms with E-state index in [0.717, 1.165) is 0 Å². The normalized spacial score (nSPS) is 14.1. The molecule has 2 N–H and O–H groups in total. The van der Waals surface area contributed by atoms with Crippen LogP contribution in [-0.2, 0) is 4.79 Å². The molecule has 0 atom stereocenters. The van der Waals surface area contributed by atoms with Gasteiger partial charge in [0.1, 0.15) is 0 Å². The van der Waals surface area contributed by atoms with Crippen molar-refractivity contribution in [3.8, 4) is 11.5 Å². The van der Waals surface area contributed by atoms with Crippen molar-refractivity contribution in [2.45, 2.75) is 0 Å². The Bertz CT molecular complexity index is 969. The molecule has 0 aliphatic carbocycles. The first-order valence-corrected chi connectivity index (χ1v) is 9.78. The summed E-state index contributed by atoms with van der Waals surface area (Å²) in [5.41, 5.74) is 0.817. The summed E-state index contributed by atoms with van der Waals surface area (Å²) in [6, 6.07) is 11.3. The highest BCUT2D eigenvalue weighted by atomic mass is 16.5. The van der Waals surface area contributed by atoms with Crippen molar-refractivity contribution in [3.05, 3.63) is 53.6 Å². The summed E-state index contributed by atoms with van der Waals surface area (Å²) in [6.07, 6.45) is 0. The van der Waals surface area contributed by atoms with Crippen molar-refractivity contribution in [2.24, 2.45) is 0 Å². The molecule has 1 fully saturated rings. The third kappa shape index (κ3) is 5.32. The van der Waals surface area contributed by atoms with E-state index in [1.807, 2.05) is 4.90 Å². The van der Waals surface area contributed by atoms with Crippen LogP contribution in [0.1, 0.15) is 20.7 Å². The molecule has 2 aromatic carbocycles. The first-order valence-electron chi connectivity index (χ1n) is 9.78. The first kappa shape index (κ1) is 22.1. The summed E-state index contributed by atoms with van der Waals surface area (Å²) in [5, 5.41) is 11.9. The van der Waals surface area contributed by atoms with E-state index >= 15 is 0 Å². The summed E-state index contributed by atoms with van der Waals surface area (Å²) in [7, 11) is 3.06. The van der Waals surface area contributed by atoms with Gasteiger partial charge in [0.25, 0.3) is 5.91 Å². The predicted octanol–water partition coefficient (Wildman–Crippen LogP) is 1.80. The minimum atomic E-state index is -1.10. The van der Waals surface area contributed by atoms with Crippen molar-refractivity contribution in [1.82, 2.24) is 9.80 Å². The zero-order chi connectivity index (χ0) is 22.4. The van der Waals surface area contributed by atoms with Crippen LogP contribution < -0.4 is 14.8 Å². The van der Waals surface area contributed by atoms with Gasteiger partial charge in [-0.3, -0.25) is 14.5 Å². The molecule has 9 nitrogen and oxygen atoms in total. The highest BCUT2D eigenvalue weighted by Gasteiger charge is 2.24. The second-order valence-electron chi connectivity index (χ2n) is 7.04. The molecule has 0 radical (unpaired) electrons. The standard InChI is InChI=1S/C22H25N3O6/c1-30-18-8-7-15(13-19(18)31-2)21(27)25-11-9-24(10-12-25)14-20(26)23-17-6-4-3-5-16(17)22(28)29/h3-8,13H,9-12,14H2,1-2H3,(H,23,26)(H,28,29). The average molecular weight is 427 g/mol. The maximum atomic E-state index is 12.8. The molecule has 31 heavy (non-hydrogen) atoms. The maximum absolute atomic E-state index is 12.8. The molecule has 0 bridgehead atoms. The number of carbonyl (C=O) groups is 3. The zero-order valence-corrected chi connectivity index (χ0v) is 17.5. The Labute approximate surface area is 180 Å². The topological polar surface area (TPSA) is 108 Å². The van der Waals surface area contributed by atoms with E-state index in [1.54, 1.807) is 41.3 Å². The summed E-state index contributed by atoms with van der Waals surface area (Å²) >= 11 is 0. The number of nitrogens with zero attached hydrogens (tertiary/aromatic N) is 2. The molecule has 0 saturated carbocycles. The Balaban J connectivity index is 1.54. The number of nitrogens with one attached hydrogen (secondary N) is 1. The van der Waals surface area contributed by atoms with Gasteiger partial charge in [-0.25, -0.2) is 4.79 Å². The summed E-state index contributed by atoms with van der Waals surface area (Å²) < 4.78 is 10.5. The lowest BCUT2D eigenvalue weighted by Gasteiger charge is -2.34. The monoisotopic (exact) mass is 427 g/mol. The maximum Gasteiger partial charge on any atom is 0.337 e. The predicted molar refractivity (Wildman–Crippen MR) is 114 cm³/mol. The van der Waals surface area contributed by atoms with E-state index in [-0.39, 0.29) is 29.6 Å². The third-order valence-corrected chi connectivity index (χ3v) is 5.09. The SMILES string of the molecule is COc1ccc(C(=O)N2CCN(CC(=O)Nc3ccccc3C(=O)O)CC2)cc1OC. The fraction of sp³-hybridized carbons (Fsp3) is 0.318. The first-order chi connectivity index (χ1) is 14.9. The van der Waals surface area contributed by atoms with Crippen LogP contribution in [0, 0.1) is 0 Å². The molecule has 164 valence electrons. The number of methoxy groups -OCH3 is 2. The molecule has 9 heteroatoms. The zero-order valence-electron chi connectivity index (χ0n) is 17.5. The number of para-hydroxylation sites is 1. The molecule has 3 rings (SSSR count). The van der Waals surface area contributed by atoms with Crippen LogP contribution >= 0.6 is 0 Å². The van der Waals surface area contributed by atoms with Gasteiger partial charge >= 0.3 is 5.97 Å². The number of aromatic carboxylic acids is 1. The average Bonchev–Trinajstić information content (AvgIpc) is 2.78. The van der Waals surface area contributed by atoms with Gasteiger partial charge in [0.2, 0.25) is 5.91 Å². The summed E-state index contributed by atoms with van der Waals surface area (Å²) in [4.78, 5) is 40.1. The minimum Gasteiger partial charge on any atom is -0.493 e. The number of carboxylic acids is 1. The smallest absolute Gasteiger partial charge is 0.337 e. The third-order valence-electron chi connectivity index (χ3n) is 5.09. The number of amides is 2. The Morgan fingerprint density at radius 1 is 0.968 bits per heavy atom. The van der Waals surface area contributed by atoms with Gasteiger partial charge in [-0.2, -0.15) is 0 Å². The number of carboxylic acid groups (broad SMARTS) is 1. The van der Waals surface area contributed by atoms with Crippen molar-refractivity contribution in [1.29, 1.82) is 0 Å². The number of piperazine rings is 1. The summed E-state index contributed by atoms with van der Waals surface area (Å²) in [5.74, 6) is -0.461. The van der Waals surface area contributed by atoms with E-state index in [4.69, 9.17) is 9.47 Å². The van der Waals surface area contributed by atoms with Crippen LogP contribution in [0.2, 0.25) is 0 Å². The van der Waals surface area contributed by atoms with Crippen molar-refractivity contribution in [2.75, 3.05) is 52.3 Å². The molecule has 1 heterocycles. The molecule has 0 aromatic heterocycles. The number of carbonyl (C=O) groups excluding carboxylic acids is 2. The number of rotatable bonds is 7. The Morgan fingerprint density at radius 3 is 2.29 bits per heavy atom. The second-order valence-corrected chi connectivity index (χ2v) is 7.04. The summed E-state index contributed by atoms with van der Waals surface area (Å²) in [6.45, 7) is 2.14. The lowest BCUT2D eigenvalue weighted by Crippen LogP contribution is -2.50. The van der Waals surface area contributed by atoms with Gasteiger partial charge in [-0.1, -0.05) is 12.1 Å². The van der Waals surface area contributed by atoms with Crippen LogP contribution in [0.15, 0.2) is 42.5 Å². The minimum absolute atomic E-state index is 0.0428. The fourth-order valence-electron chi connectivity index (χ4n) is 3.43. The van der Waals surface area contributed by atoms with Gasteiger partial charge in [0, 0.05) is 31.7 Å². The molecule has 2 amide bonds. The van der Waals surface area contributed by atoms with Crippen LogP contribution in [0.25, 0.3) is 0 Å². The van der Waals surface area contributed by atoms with Gasteiger partial charge < -0.3 is 24.8 Å². The Hall–Kier alpha value is -3.59. The van der Waals surface area contributed by atoms with E-state index in [1.165, 1.54) is 20.3 Å². The largest absolute Gasteiger partial charge is 0.493 e. The van der Waals surface area contributed by atoms with Crippen molar-refractivity contribution < 1.29 is 29.0 Å². The quantitative estimate of drug-likeness (QED) is 0.694. The molecule has 2 aromatic rings. The van der Waals surface area contributed by atoms with Gasteiger partial charge in [0.15, 0.2) is 11.5 Å².